The third-order valence-electron chi connectivity index (χ3n) is 1.66. The molecule has 0 aliphatic rings. The molecular formula is C9H11NO5S. The molecule has 0 aromatic carbocycles. The van der Waals surface area contributed by atoms with Gasteiger partial charge in [-0.3, -0.25) is 4.55 Å². The van der Waals surface area contributed by atoms with Crippen molar-refractivity contribution in [3.8, 4) is 0 Å². The van der Waals surface area contributed by atoms with Crippen LogP contribution in [0.1, 0.15) is 23.0 Å². The highest BCUT2D eigenvalue weighted by Crippen LogP contribution is 2.07. The van der Waals surface area contributed by atoms with Crippen molar-refractivity contribution in [2.24, 2.45) is 0 Å². The van der Waals surface area contributed by atoms with Gasteiger partial charge in [0.05, 0.1) is 6.61 Å². The zero-order valence-electron chi connectivity index (χ0n) is 8.58. The molecule has 6 nitrogen and oxygen atoms in total. The fourth-order valence-electron chi connectivity index (χ4n) is 1.09. The molecule has 16 heavy (non-hydrogen) atoms. The quantitative estimate of drug-likeness (QED) is 0.618. The molecule has 1 aromatic heterocycles. The molecule has 0 amide bonds. The molecule has 0 aliphatic heterocycles. The molecule has 88 valence electrons. The van der Waals surface area contributed by atoms with E-state index >= 15 is 0 Å². The first kappa shape index (κ1) is 12.6. The molecule has 0 atom stereocenters. The number of hydrogen-bond acceptors (Lipinski definition) is 5. The largest absolute Gasteiger partial charge is 0.461 e. The van der Waals surface area contributed by atoms with Crippen LogP contribution in [0.15, 0.2) is 18.3 Å². The number of aromatic nitrogens is 1. The summed E-state index contributed by atoms with van der Waals surface area (Å²) in [5.74, 6) is -1.18. The number of hydrogen-bond donors (Lipinski definition) is 1. The van der Waals surface area contributed by atoms with Crippen LogP contribution in [0.25, 0.3) is 0 Å². The molecule has 1 heterocycles. The van der Waals surface area contributed by atoms with Crippen LogP contribution in [-0.2, 0) is 20.6 Å². The molecule has 1 aromatic rings. The monoisotopic (exact) mass is 245 g/mol. The minimum Gasteiger partial charge on any atom is -0.461 e. The van der Waals surface area contributed by atoms with Gasteiger partial charge in [-0.15, -0.1) is 0 Å². The van der Waals surface area contributed by atoms with Gasteiger partial charge < -0.3 is 4.74 Å². The van der Waals surface area contributed by atoms with Crippen LogP contribution in [0.2, 0.25) is 0 Å². The van der Waals surface area contributed by atoms with E-state index in [1.807, 2.05) is 0 Å². The van der Waals surface area contributed by atoms with Crippen molar-refractivity contribution in [1.29, 1.82) is 0 Å². The molecule has 0 unspecified atom stereocenters. The van der Waals surface area contributed by atoms with E-state index in [0.717, 1.165) is 0 Å². The van der Waals surface area contributed by atoms with Crippen molar-refractivity contribution in [3.05, 3.63) is 29.6 Å². The molecule has 1 rings (SSSR count). The second-order valence-electron chi connectivity index (χ2n) is 3.00. The maximum atomic E-state index is 11.3. The molecule has 0 spiro atoms. The minimum atomic E-state index is -4.11. The van der Waals surface area contributed by atoms with Gasteiger partial charge in [-0.1, -0.05) is 0 Å². The van der Waals surface area contributed by atoms with Crippen LogP contribution in [-0.4, -0.2) is 30.5 Å². The summed E-state index contributed by atoms with van der Waals surface area (Å²) in [6.07, 6.45) is 1.28. The summed E-state index contributed by atoms with van der Waals surface area (Å²) in [5.41, 5.74) is 0.295. The first-order chi connectivity index (χ1) is 7.42. The predicted molar refractivity (Wildman–Crippen MR) is 55.4 cm³/mol. The predicted octanol–water partition coefficient (Wildman–Crippen LogP) is 0.646. The number of pyridine rings is 1. The van der Waals surface area contributed by atoms with E-state index < -0.39 is 21.8 Å². The fourth-order valence-corrected chi connectivity index (χ4v) is 1.69. The number of carbonyl (C=O) groups is 1. The third-order valence-corrected chi connectivity index (χ3v) is 2.36. The number of carbonyl (C=O) groups excluding carboxylic acids is 1. The van der Waals surface area contributed by atoms with Gasteiger partial charge in [-0.25, -0.2) is 9.78 Å². The Morgan fingerprint density at radius 3 is 2.81 bits per heavy atom. The Bertz CT molecular complexity index is 482. The number of ether oxygens (including phenoxy) is 1. The van der Waals surface area contributed by atoms with Crippen LogP contribution in [0, 0.1) is 0 Å². The lowest BCUT2D eigenvalue weighted by Crippen LogP contribution is -2.09. The van der Waals surface area contributed by atoms with Gasteiger partial charge >= 0.3 is 5.97 Å². The Morgan fingerprint density at radius 2 is 2.25 bits per heavy atom. The van der Waals surface area contributed by atoms with E-state index in [0.29, 0.717) is 0 Å². The van der Waals surface area contributed by atoms with E-state index in [-0.39, 0.29) is 17.9 Å². The van der Waals surface area contributed by atoms with Gasteiger partial charge in [0.15, 0.2) is 0 Å². The summed E-state index contributed by atoms with van der Waals surface area (Å²) < 4.78 is 34.6. The number of esters is 1. The van der Waals surface area contributed by atoms with Crippen LogP contribution < -0.4 is 0 Å². The Labute approximate surface area is 93.0 Å². The van der Waals surface area contributed by atoms with Crippen LogP contribution in [0.3, 0.4) is 0 Å². The number of rotatable bonds is 4. The minimum absolute atomic E-state index is 0.0167. The zero-order valence-corrected chi connectivity index (χ0v) is 9.40. The summed E-state index contributed by atoms with van der Waals surface area (Å²) in [7, 11) is -4.11. The van der Waals surface area contributed by atoms with Crippen molar-refractivity contribution >= 4 is 16.1 Å². The summed E-state index contributed by atoms with van der Waals surface area (Å²) in [4.78, 5) is 15.0. The summed E-state index contributed by atoms with van der Waals surface area (Å²) in [5, 5.41) is 0. The highest BCUT2D eigenvalue weighted by molar-refractivity contribution is 7.85. The van der Waals surface area contributed by atoms with E-state index in [1.54, 1.807) is 6.92 Å². The molecule has 1 N–H and O–H groups in total. The molecule has 0 saturated heterocycles. The maximum Gasteiger partial charge on any atom is 0.356 e. The van der Waals surface area contributed by atoms with Gasteiger partial charge in [0.2, 0.25) is 0 Å². The SMILES string of the molecule is CCOC(=O)c1cc(CS(=O)(=O)O)ccn1. The lowest BCUT2D eigenvalue weighted by atomic mass is 10.2. The average molecular weight is 245 g/mol. The number of nitrogens with zero attached hydrogens (tertiary/aromatic N) is 1. The van der Waals surface area contributed by atoms with E-state index in [1.165, 1.54) is 18.3 Å². The highest BCUT2D eigenvalue weighted by atomic mass is 32.2. The first-order valence-electron chi connectivity index (χ1n) is 4.49. The molecule has 7 heteroatoms. The zero-order chi connectivity index (χ0) is 12.2. The molecule has 0 fully saturated rings. The summed E-state index contributed by atoms with van der Waals surface area (Å²) in [6, 6.07) is 2.67. The van der Waals surface area contributed by atoms with Gasteiger partial charge in [0, 0.05) is 6.20 Å². The van der Waals surface area contributed by atoms with Crippen molar-refractivity contribution in [1.82, 2.24) is 4.98 Å². The van der Waals surface area contributed by atoms with Crippen LogP contribution in [0.4, 0.5) is 0 Å². The van der Waals surface area contributed by atoms with Crippen molar-refractivity contribution in [2.45, 2.75) is 12.7 Å². The average Bonchev–Trinajstić information content (AvgIpc) is 2.16. The molecule has 0 bridgehead atoms. The smallest absolute Gasteiger partial charge is 0.356 e. The van der Waals surface area contributed by atoms with Gasteiger partial charge in [0.1, 0.15) is 11.4 Å². The summed E-state index contributed by atoms with van der Waals surface area (Å²) in [6.45, 7) is 1.86. The molecular weight excluding hydrogens is 234 g/mol. The van der Waals surface area contributed by atoms with Gasteiger partial charge in [-0.2, -0.15) is 8.42 Å². The lowest BCUT2D eigenvalue weighted by Gasteiger charge is -2.02. The molecule has 0 saturated carbocycles. The van der Waals surface area contributed by atoms with Gasteiger partial charge in [-0.05, 0) is 24.6 Å². The fraction of sp³-hybridized carbons (Fsp3) is 0.333. The normalized spacial score (nSPS) is 11.1. The first-order valence-corrected chi connectivity index (χ1v) is 6.10. The molecule has 0 radical (unpaired) electrons. The highest BCUT2D eigenvalue weighted by Gasteiger charge is 2.11. The van der Waals surface area contributed by atoms with Gasteiger partial charge in [0.25, 0.3) is 10.1 Å². The Kier molecular flexibility index (Phi) is 3.97. The Hall–Kier alpha value is -1.47. The second-order valence-corrected chi connectivity index (χ2v) is 4.45. The van der Waals surface area contributed by atoms with E-state index in [2.05, 4.69) is 4.98 Å². The third kappa shape index (κ3) is 3.95. The van der Waals surface area contributed by atoms with Crippen LogP contribution >= 0.6 is 0 Å². The van der Waals surface area contributed by atoms with E-state index in [9.17, 15) is 13.2 Å². The second kappa shape index (κ2) is 5.04. The summed E-state index contributed by atoms with van der Waals surface area (Å²) >= 11 is 0. The Morgan fingerprint density at radius 1 is 1.56 bits per heavy atom. The standard InChI is InChI=1S/C9H11NO5S/c1-2-15-9(11)8-5-7(3-4-10-8)6-16(12,13)14/h3-5H,2,6H2,1H3,(H,12,13,14). The lowest BCUT2D eigenvalue weighted by molar-refractivity contribution is 0.0519. The van der Waals surface area contributed by atoms with Crippen molar-refractivity contribution in [3.63, 3.8) is 0 Å². The Balaban J connectivity index is 2.91. The molecule has 0 aliphatic carbocycles. The van der Waals surface area contributed by atoms with Crippen molar-refractivity contribution < 1.29 is 22.5 Å². The maximum absolute atomic E-state index is 11.3. The van der Waals surface area contributed by atoms with Crippen LogP contribution in [0.5, 0.6) is 0 Å². The topological polar surface area (TPSA) is 93.6 Å². The van der Waals surface area contributed by atoms with E-state index in [4.69, 9.17) is 9.29 Å². The van der Waals surface area contributed by atoms with Crippen molar-refractivity contribution in [2.75, 3.05) is 6.61 Å².